The molecule has 0 aromatic rings. The minimum absolute atomic E-state index is 0.203. The topological polar surface area (TPSA) is 21.3 Å². The molecule has 0 heterocycles. The average Bonchev–Trinajstić information content (AvgIpc) is 2.26. The van der Waals surface area contributed by atoms with E-state index in [-0.39, 0.29) is 5.41 Å². The summed E-state index contributed by atoms with van der Waals surface area (Å²) in [7, 11) is 2.06. The van der Waals surface area contributed by atoms with Crippen LogP contribution in [0.15, 0.2) is 0 Å². The Hall–Kier alpha value is -0.0800. The van der Waals surface area contributed by atoms with Crippen molar-refractivity contribution < 1.29 is 4.74 Å². The lowest BCUT2D eigenvalue weighted by Gasteiger charge is -2.36. The summed E-state index contributed by atoms with van der Waals surface area (Å²) in [5.74, 6) is 0. The summed E-state index contributed by atoms with van der Waals surface area (Å²) in [4.78, 5) is 0. The molecule has 17 heavy (non-hydrogen) atoms. The third-order valence-electron chi connectivity index (χ3n) is 3.30. The van der Waals surface area contributed by atoms with E-state index >= 15 is 0 Å². The SMILES string of the molecule is CCCCCCC(NC)C(OCC)C(C)(C)C. The summed E-state index contributed by atoms with van der Waals surface area (Å²) in [6.07, 6.45) is 6.83. The number of likely N-dealkylation sites (N-methyl/N-ethyl adjacent to an activating group) is 1. The molecule has 2 atom stereocenters. The van der Waals surface area contributed by atoms with Crippen LogP contribution in [-0.4, -0.2) is 25.8 Å². The molecule has 0 saturated heterocycles. The van der Waals surface area contributed by atoms with Crippen LogP contribution in [0.1, 0.15) is 66.7 Å². The van der Waals surface area contributed by atoms with Crippen LogP contribution < -0.4 is 5.32 Å². The predicted molar refractivity (Wildman–Crippen MR) is 76.5 cm³/mol. The number of ether oxygens (including phenoxy) is 1. The van der Waals surface area contributed by atoms with Crippen molar-refractivity contribution in [1.82, 2.24) is 5.32 Å². The van der Waals surface area contributed by atoms with Crippen molar-refractivity contribution in [3.8, 4) is 0 Å². The molecule has 0 fully saturated rings. The van der Waals surface area contributed by atoms with Gasteiger partial charge in [-0.25, -0.2) is 0 Å². The summed E-state index contributed by atoms with van der Waals surface area (Å²) in [6, 6.07) is 0.479. The van der Waals surface area contributed by atoms with Crippen LogP contribution in [0.4, 0.5) is 0 Å². The van der Waals surface area contributed by atoms with E-state index in [1.165, 1.54) is 32.1 Å². The average molecular weight is 243 g/mol. The molecule has 0 bridgehead atoms. The summed E-state index contributed by atoms with van der Waals surface area (Å²) in [5, 5.41) is 3.45. The van der Waals surface area contributed by atoms with Crippen molar-refractivity contribution in [3.05, 3.63) is 0 Å². The molecule has 0 radical (unpaired) electrons. The second-order valence-corrected chi connectivity index (χ2v) is 5.99. The molecule has 0 amide bonds. The zero-order valence-electron chi connectivity index (χ0n) is 12.8. The maximum Gasteiger partial charge on any atom is 0.0775 e. The van der Waals surface area contributed by atoms with Gasteiger partial charge in [-0.15, -0.1) is 0 Å². The quantitative estimate of drug-likeness (QED) is 0.618. The minimum atomic E-state index is 0.203. The molecule has 1 N–H and O–H groups in total. The fourth-order valence-corrected chi connectivity index (χ4v) is 2.39. The maximum atomic E-state index is 5.95. The van der Waals surface area contributed by atoms with Crippen LogP contribution in [-0.2, 0) is 4.74 Å². The smallest absolute Gasteiger partial charge is 0.0775 e. The third-order valence-corrected chi connectivity index (χ3v) is 3.30. The van der Waals surface area contributed by atoms with Gasteiger partial charge in [0, 0.05) is 12.6 Å². The molecular formula is C15H33NO. The Labute approximate surface area is 109 Å². The van der Waals surface area contributed by atoms with E-state index < -0.39 is 0 Å². The van der Waals surface area contributed by atoms with Gasteiger partial charge < -0.3 is 10.1 Å². The zero-order chi connectivity index (χ0) is 13.3. The number of hydrogen-bond donors (Lipinski definition) is 1. The van der Waals surface area contributed by atoms with Gasteiger partial charge in [-0.2, -0.15) is 0 Å². The summed E-state index contributed by atoms with van der Waals surface area (Å²) in [5.41, 5.74) is 0.203. The normalized spacial score (nSPS) is 15.9. The highest BCUT2D eigenvalue weighted by molar-refractivity contribution is 4.85. The van der Waals surface area contributed by atoms with Crippen LogP contribution in [0, 0.1) is 5.41 Å². The van der Waals surface area contributed by atoms with E-state index in [0.29, 0.717) is 12.1 Å². The van der Waals surface area contributed by atoms with Crippen LogP contribution in [0.5, 0.6) is 0 Å². The molecule has 0 rings (SSSR count). The number of unbranched alkanes of at least 4 members (excludes halogenated alkanes) is 3. The Morgan fingerprint density at radius 2 is 1.71 bits per heavy atom. The van der Waals surface area contributed by atoms with Crippen molar-refractivity contribution in [1.29, 1.82) is 0 Å². The van der Waals surface area contributed by atoms with Gasteiger partial charge in [0.1, 0.15) is 0 Å². The van der Waals surface area contributed by atoms with Gasteiger partial charge in [0.2, 0.25) is 0 Å². The summed E-state index contributed by atoms with van der Waals surface area (Å²) < 4.78 is 5.95. The lowest BCUT2D eigenvalue weighted by Crippen LogP contribution is -2.47. The molecule has 0 aliphatic carbocycles. The van der Waals surface area contributed by atoms with Gasteiger partial charge in [0.15, 0.2) is 0 Å². The second kappa shape index (κ2) is 8.93. The van der Waals surface area contributed by atoms with Gasteiger partial charge in [0.25, 0.3) is 0 Å². The van der Waals surface area contributed by atoms with E-state index in [2.05, 4.69) is 47.0 Å². The lowest BCUT2D eigenvalue weighted by atomic mass is 9.82. The van der Waals surface area contributed by atoms with Crippen molar-refractivity contribution in [2.75, 3.05) is 13.7 Å². The Morgan fingerprint density at radius 1 is 1.06 bits per heavy atom. The molecule has 0 aromatic carbocycles. The highest BCUT2D eigenvalue weighted by Crippen LogP contribution is 2.27. The first-order valence-electron chi connectivity index (χ1n) is 7.26. The van der Waals surface area contributed by atoms with Gasteiger partial charge >= 0.3 is 0 Å². The highest BCUT2D eigenvalue weighted by Gasteiger charge is 2.31. The van der Waals surface area contributed by atoms with Crippen molar-refractivity contribution >= 4 is 0 Å². The fraction of sp³-hybridized carbons (Fsp3) is 1.00. The largest absolute Gasteiger partial charge is 0.376 e. The highest BCUT2D eigenvalue weighted by atomic mass is 16.5. The van der Waals surface area contributed by atoms with Crippen molar-refractivity contribution in [2.45, 2.75) is 78.9 Å². The van der Waals surface area contributed by atoms with E-state index in [0.717, 1.165) is 6.61 Å². The predicted octanol–water partition coefficient (Wildman–Crippen LogP) is 4.00. The van der Waals surface area contributed by atoms with Crippen LogP contribution >= 0.6 is 0 Å². The van der Waals surface area contributed by atoms with Crippen LogP contribution in [0.3, 0.4) is 0 Å². The maximum absolute atomic E-state index is 5.95. The molecule has 0 aromatic heterocycles. The molecule has 0 spiro atoms. The van der Waals surface area contributed by atoms with Gasteiger partial charge in [-0.05, 0) is 25.8 Å². The zero-order valence-corrected chi connectivity index (χ0v) is 12.8. The van der Waals surface area contributed by atoms with Crippen LogP contribution in [0.25, 0.3) is 0 Å². The van der Waals surface area contributed by atoms with Gasteiger partial charge in [-0.1, -0.05) is 53.4 Å². The summed E-state index contributed by atoms with van der Waals surface area (Å²) >= 11 is 0. The summed E-state index contributed by atoms with van der Waals surface area (Å²) in [6.45, 7) is 11.9. The van der Waals surface area contributed by atoms with E-state index in [1.807, 2.05) is 0 Å². The molecule has 104 valence electrons. The molecular weight excluding hydrogens is 210 g/mol. The Bertz CT molecular complexity index is 174. The first kappa shape index (κ1) is 16.9. The monoisotopic (exact) mass is 243 g/mol. The first-order valence-corrected chi connectivity index (χ1v) is 7.26. The lowest BCUT2D eigenvalue weighted by molar-refractivity contribution is -0.0363. The van der Waals surface area contributed by atoms with E-state index in [4.69, 9.17) is 4.74 Å². The molecule has 2 nitrogen and oxygen atoms in total. The second-order valence-electron chi connectivity index (χ2n) is 5.99. The molecule has 0 aliphatic rings. The minimum Gasteiger partial charge on any atom is -0.376 e. The van der Waals surface area contributed by atoms with Crippen LogP contribution in [0.2, 0.25) is 0 Å². The molecule has 2 unspecified atom stereocenters. The standard InChI is InChI=1S/C15H33NO/c1-7-9-10-11-12-13(16-6)14(17-8-2)15(3,4)5/h13-14,16H,7-12H2,1-6H3. The Morgan fingerprint density at radius 3 is 2.12 bits per heavy atom. The number of hydrogen-bond acceptors (Lipinski definition) is 2. The molecule has 0 aliphatic heterocycles. The number of rotatable bonds is 9. The molecule has 0 saturated carbocycles. The fourth-order valence-electron chi connectivity index (χ4n) is 2.39. The van der Waals surface area contributed by atoms with Gasteiger partial charge in [0.05, 0.1) is 6.10 Å². The number of nitrogens with one attached hydrogen (secondary N) is 1. The Kier molecular flexibility index (Phi) is 8.89. The van der Waals surface area contributed by atoms with Crippen molar-refractivity contribution in [3.63, 3.8) is 0 Å². The molecule has 2 heteroatoms. The van der Waals surface area contributed by atoms with Gasteiger partial charge in [-0.3, -0.25) is 0 Å². The van der Waals surface area contributed by atoms with E-state index in [9.17, 15) is 0 Å². The van der Waals surface area contributed by atoms with E-state index in [1.54, 1.807) is 0 Å². The van der Waals surface area contributed by atoms with Crippen molar-refractivity contribution in [2.24, 2.45) is 5.41 Å². The first-order chi connectivity index (χ1) is 7.97. The third kappa shape index (κ3) is 7.05. The Balaban J connectivity index is 4.25.